The van der Waals surface area contributed by atoms with Gasteiger partial charge in [0, 0.05) is 0 Å². The van der Waals surface area contributed by atoms with E-state index in [0.29, 0.717) is 5.56 Å². The molecule has 1 aromatic carbocycles. The average Bonchev–Trinajstić information content (AvgIpc) is 2.91. The third kappa shape index (κ3) is 4.40. The van der Waals surface area contributed by atoms with Crippen molar-refractivity contribution in [2.75, 3.05) is 0 Å². The monoisotopic (exact) mass is 404 g/mol. The van der Waals surface area contributed by atoms with Crippen molar-refractivity contribution in [1.29, 1.82) is 0 Å². The molecule has 6 heteroatoms. The fraction of sp³-hybridized carbons (Fsp3) is 0.591. The van der Waals surface area contributed by atoms with Gasteiger partial charge in [0.2, 0.25) is 0 Å². The molecule has 0 spiro atoms. The molecule has 5 nitrogen and oxygen atoms in total. The summed E-state index contributed by atoms with van der Waals surface area (Å²) < 4.78 is 24.7. The highest BCUT2D eigenvalue weighted by Gasteiger charge is 2.52. The van der Waals surface area contributed by atoms with E-state index in [0.717, 1.165) is 0 Å². The van der Waals surface area contributed by atoms with Crippen LogP contribution in [0.4, 0.5) is 0 Å². The Bertz CT molecular complexity index is 735. The Hall–Kier alpha value is -1.47. The minimum atomic E-state index is -2.13. The molecule has 1 aliphatic carbocycles. The molecule has 0 bridgehead atoms. The Morgan fingerprint density at radius 1 is 1.07 bits per heavy atom. The van der Waals surface area contributed by atoms with E-state index in [2.05, 4.69) is 33.9 Å². The van der Waals surface area contributed by atoms with E-state index in [1.807, 2.05) is 44.2 Å². The first kappa shape index (κ1) is 21.2. The molecule has 28 heavy (non-hydrogen) atoms. The van der Waals surface area contributed by atoms with Crippen LogP contribution in [0.15, 0.2) is 42.5 Å². The Morgan fingerprint density at radius 3 is 2.32 bits per heavy atom. The molecule has 0 saturated carbocycles. The zero-order chi connectivity index (χ0) is 20.7. The van der Waals surface area contributed by atoms with Gasteiger partial charge < -0.3 is 18.6 Å². The molecule has 0 aromatic heterocycles. The number of hydrogen-bond acceptors (Lipinski definition) is 5. The lowest BCUT2D eigenvalue weighted by atomic mass is 9.96. The highest BCUT2D eigenvalue weighted by atomic mass is 28.4. The molecule has 1 saturated heterocycles. The standard InChI is InChI=1S/C22H32O5Si/c1-21(2,3)28(6,7)27-19-16(24-20(23)15-11-9-8-10-12-15)13-14-17-18(19)26-22(4,5)25-17/h8-14,16-19H,1-7H3/t16-,17-,18-,19+/m1/s1. The summed E-state index contributed by atoms with van der Waals surface area (Å²) in [5.41, 5.74) is 0.521. The number of ether oxygens (including phenoxy) is 3. The maximum Gasteiger partial charge on any atom is 0.338 e. The maximum absolute atomic E-state index is 12.7. The molecule has 1 aliphatic heterocycles. The molecule has 1 aromatic rings. The highest BCUT2D eigenvalue weighted by Crippen LogP contribution is 2.42. The molecule has 4 atom stereocenters. The first-order valence-corrected chi connectivity index (χ1v) is 12.8. The Morgan fingerprint density at radius 2 is 1.71 bits per heavy atom. The number of carbonyl (C=O) groups is 1. The van der Waals surface area contributed by atoms with E-state index < -0.39 is 26.3 Å². The third-order valence-electron chi connectivity index (χ3n) is 5.79. The van der Waals surface area contributed by atoms with Gasteiger partial charge in [0.05, 0.1) is 5.56 Å². The zero-order valence-corrected chi connectivity index (χ0v) is 18.9. The van der Waals surface area contributed by atoms with Crippen molar-refractivity contribution in [3.8, 4) is 0 Å². The van der Waals surface area contributed by atoms with E-state index in [1.54, 1.807) is 12.1 Å². The van der Waals surface area contributed by atoms with E-state index in [1.165, 1.54) is 0 Å². The second-order valence-electron chi connectivity index (χ2n) is 9.53. The van der Waals surface area contributed by atoms with Crippen LogP contribution >= 0.6 is 0 Å². The number of fused-ring (bicyclic) bond motifs is 1. The second-order valence-corrected chi connectivity index (χ2v) is 14.3. The smallest absolute Gasteiger partial charge is 0.338 e. The fourth-order valence-corrected chi connectivity index (χ4v) is 4.56. The van der Waals surface area contributed by atoms with Crippen LogP contribution in [0.25, 0.3) is 0 Å². The summed E-state index contributed by atoms with van der Waals surface area (Å²) in [7, 11) is -2.13. The summed E-state index contributed by atoms with van der Waals surface area (Å²) in [5.74, 6) is -1.07. The molecule has 0 unspecified atom stereocenters. The summed E-state index contributed by atoms with van der Waals surface area (Å²) in [4.78, 5) is 12.7. The second kappa shape index (κ2) is 7.41. The molecule has 0 N–H and O–H groups in total. The van der Waals surface area contributed by atoms with Crippen LogP contribution < -0.4 is 0 Å². The maximum atomic E-state index is 12.7. The molecule has 0 radical (unpaired) electrons. The largest absolute Gasteiger partial charge is 0.452 e. The normalized spacial score (nSPS) is 29.4. The molecule has 1 fully saturated rings. The predicted molar refractivity (Wildman–Crippen MR) is 111 cm³/mol. The number of hydrogen-bond donors (Lipinski definition) is 0. The van der Waals surface area contributed by atoms with Gasteiger partial charge in [-0.15, -0.1) is 0 Å². The fourth-order valence-electron chi connectivity index (χ4n) is 3.26. The number of carbonyl (C=O) groups excluding carboxylic acids is 1. The van der Waals surface area contributed by atoms with Crippen LogP contribution in [0.2, 0.25) is 18.1 Å². The van der Waals surface area contributed by atoms with Gasteiger partial charge in [0.1, 0.15) is 24.4 Å². The summed E-state index contributed by atoms with van der Waals surface area (Å²) in [6, 6.07) is 9.02. The van der Waals surface area contributed by atoms with Gasteiger partial charge in [-0.25, -0.2) is 4.79 Å². The lowest BCUT2D eigenvalue weighted by Crippen LogP contribution is -2.55. The van der Waals surface area contributed by atoms with E-state index in [9.17, 15) is 4.79 Å². The summed E-state index contributed by atoms with van der Waals surface area (Å²) >= 11 is 0. The van der Waals surface area contributed by atoms with Crippen LogP contribution in [0.5, 0.6) is 0 Å². The number of rotatable bonds is 4. The van der Waals surface area contributed by atoms with Crippen LogP contribution in [-0.2, 0) is 18.6 Å². The van der Waals surface area contributed by atoms with Crippen molar-refractivity contribution >= 4 is 14.3 Å². The van der Waals surface area contributed by atoms with Crippen molar-refractivity contribution in [3.63, 3.8) is 0 Å². The van der Waals surface area contributed by atoms with Gasteiger partial charge in [-0.3, -0.25) is 0 Å². The SMILES string of the molecule is CC1(C)O[C@H]2[C@@H](O[Si](C)(C)C(C)(C)C)[C@H](OC(=O)c3ccccc3)C=C[C@H]2O1. The average molecular weight is 405 g/mol. The predicted octanol–water partition coefficient (Wildman–Crippen LogP) is 4.69. The van der Waals surface area contributed by atoms with Gasteiger partial charge in [-0.05, 0) is 50.2 Å². The Kier molecular flexibility index (Phi) is 5.62. The van der Waals surface area contributed by atoms with Crippen molar-refractivity contribution in [1.82, 2.24) is 0 Å². The van der Waals surface area contributed by atoms with Gasteiger partial charge in [-0.1, -0.05) is 45.0 Å². The van der Waals surface area contributed by atoms with Gasteiger partial charge in [-0.2, -0.15) is 0 Å². The van der Waals surface area contributed by atoms with Crippen molar-refractivity contribution in [2.45, 2.75) is 83.0 Å². The van der Waals surface area contributed by atoms with Gasteiger partial charge in [0.15, 0.2) is 14.1 Å². The first-order chi connectivity index (χ1) is 12.9. The van der Waals surface area contributed by atoms with Crippen LogP contribution in [0.3, 0.4) is 0 Å². The van der Waals surface area contributed by atoms with E-state index in [-0.39, 0.29) is 23.2 Å². The highest BCUT2D eigenvalue weighted by molar-refractivity contribution is 6.74. The molecule has 2 aliphatic rings. The van der Waals surface area contributed by atoms with E-state index >= 15 is 0 Å². The number of benzene rings is 1. The third-order valence-corrected chi connectivity index (χ3v) is 10.3. The Balaban J connectivity index is 1.87. The van der Waals surface area contributed by atoms with Crippen molar-refractivity contribution in [2.24, 2.45) is 0 Å². The minimum Gasteiger partial charge on any atom is -0.452 e. The molecular formula is C22H32O5Si. The van der Waals surface area contributed by atoms with Gasteiger partial charge in [0.25, 0.3) is 0 Å². The summed E-state index contributed by atoms with van der Waals surface area (Å²) in [6.07, 6.45) is 2.34. The minimum absolute atomic E-state index is 0.0205. The van der Waals surface area contributed by atoms with Crippen molar-refractivity contribution < 1.29 is 23.4 Å². The zero-order valence-electron chi connectivity index (χ0n) is 17.9. The topological polar surface area (TPSA) is 54.0 Å². The molecule has 0 amide bonds. The molecule has 1 heterocycles. The molecular weight excluding hydrogens is 372 g/mol. The lowest BCUT2D eigenvalue weighted by Gasteiger charge is -2.43. The molecule has 154 valence electrons. The quantitative estimate of drug-likeness (QED) is 0.414. The first-order valence-electron chi connectivity index (χ1n) is 9.87. The van der Waals surface area contributed by atoms with Crippen LogP contribution in [0, 0.1) is 0 Å². The van der Waals surface area contributed by atoms with E-state index in [4.69, 9.17) is 18.6 Å². The van der Waals surface area contributed by atoms with Gasteiger partial charge >= 0.3 is 5.97 Å². The Labute approximate surface area is 169 Å². The van der Waals surface area contributed by atoms with Crippen LogP contribution in [-0.4, -0.2) is 44.5 Å². The summed E-state index contributed by atoms with van der Waals surface area (Å²) in [5, 5.41) is 0.0205. The van der Waals surface area contributed by atoms with Crippen molar-refractivity contribution in [3.05, 3.63) is 48.0 Å². The number of esters is 1. The lowest BCUT2D eigenvalue weighted by molar-refractivity contribution is -0.156. The summed E-state index contributed by atoms with van der Waals surface area (Å²) in [6.45, 7) is 14.7. The van der Waals surface area contributed by atoms with Crippen LogP contribution in [0.1, 0.15) is 45.0 Å². The molecule has 3 rings (SSSR count).